The Balaban J connectivity index is 4.56. The molecule has 0 saturated heterocycles. The number of nitrogens with one attached hydrogen (secondary N) is 4. The third-order valence-corrected chi connectivity index (χ3v) is 3.47. The van der Waals surface area contributed by atoms with E-state index in [-0.39, 0.29) is 11.8 Å². The van der Waals surface area contributed by atoms with Gasteiger partial charge in [0.05, 0.1) is 0 Å². The fourth-order valence-electron chi connectivity index (χ4n) is 2.03. The smallest absolute Gasteiger partial charge is 0.325 e. The molecule has 5 N–H and O–H groups in total. The molecule has 10 heteroatoms. The van der Waals surface area contributed by atoms with Crippen LogP contribution in [0.5, 0.6) is 0 Å². The van der Waals surface area contributed by atoms with Crippen LogP contribution in [0.2, 0.25) is 0 Å². The van der Waals surface area contributed by atoms with Crippen LogP contribution in [-0.4, -0.2) is 59.4 Å². The van der Waals surface area contributed by atoms with Gasteiger partial charge in [0.2, 0.25) is 23.6 Å². The maximum atomic E-state index is 12.3. The van der Waals surface area contributed by atoms with Gasteiger partial charge in [0, 0.05) is 20.4 Å². The lowest BCUT2D eigenvalue weighted by atomic mass is 10.1. The number of aliphatic carboxylic acids is 1. The quantitative estimate of drug-likeness (QED) is 0.290. The van der Waals surface area contributed by atoms with Gasteiger partial charge in [-0.3, -0.25) is 24.0 Å². The van der Waals surface area contributed by atoms with Crippen LogP contribution in [0.4, 0.5) is 0 Å². The highest BCUT2D eigenvalue weighted by molar-refractivity contribution is 5.92. The summed E-state index contributed by atoms with van der Waals surface area (Å²) in [5, 5.41) is 18.6. The minimum Gasteiger partial charge on any atom is -0.480 e. The number of carboxylic acids is 1. The molecule has 0 fully saturated rings. The van der Waals surface area contributed by atoms with E-state index in [2.05, 4.69) is 21.3 Å². The Morgan fingerprint density at radius 3 is 1.88 bits per heavy atom. The summed E-state index contributed by atoms with van der Waals surface area (Å²) in [6.45, 7) is 5.89. The molecule has 10 nitrogen and oxygen atoms in total. The maximum Gasteiger partial charge on any atom is 0.325 e. The van der Waals surface area contributed by atoms with Gasteiger partial charge < -0.3 is 26.4 Å². The van der Waals surface area contributed by atoms with Crippen LogP contribution in [0, 0.1) is 0 Å². The second-order valence-corrected chi connectivity index (χ2v) is 6.03. The van der Waals surface area contributed by atoms with Crippen molar-refractivity contribution in [1.29, 1.82) is 0 Å². The van der Waals surface area contributed by atoms with Gasteiger partial charge in [-0.05, 0) is 33.1 Å². The summed E-state index contributed by atoms with van der Waals surface area (Å²) in [5.41, 5.74) is 0. The first-order valence-corrected chi connectivity index (χ1v) is 8.39. The van der Waals surface area contributed by atoms with Crippen molar-refractivity contribution in [3.05, 3.63) is 0 Å². The molecule has 0 aromatic carbocycles. The van der Waals surface area contributed by atoms with Crippen LogP contribution in [0.25, 0.3) is 0 Å². The van der Waals surface area contributed by atoms with Crippen molar-refractivity contribution >= 4 is 29.6 Å². The lowest BCUT2D eigenvalue weighted by molar-refractivity contribution is -0.141. The lowest BCUT2D eigenvalue weighted by Gasteiger charge is -2.21. The molecule has 0 radical (unpaired) electrons. The fourth-order valence-corrected chi connectivity index (χ4v) is 2.03. The van der Waals surface area contributed by atoms with Gasteiger partial charge in [-0.2, -0.15) is 0 Å². The predicted molar refractivity (Wildman–Crippen MR) is 93.0 cm³/mol. The van der Waals surface area contributed by atoms with Crippen LogP contribution >= 0.6 is 0 Å². The van der Waals surface area contributed by atoms with Crippen LogP contribution < -0.4 is 21.3 Å². The molecule has 0 aromatic rings. The Morgan fingerprint density at radius 2 is 1.38 bits per heavy atom. The van der Waals surface area contributed by atoms with Crippen LogP contribution in [0.3, 0.4) is 0 Å². The molecule has 0 saturated carbocycles. The summed E-state index contributed by atoms with van der Waals surface area (Å²) >= 11 is 0. The molecule has 0 unspecified atom stereocenters. The molecular formula is C16H28N4O6. The van der Waals surface area contributed by atoms with E-state index in [4.69, 9.17) is 5.11 Å². The predicted octanol–water partition coefficient (Wildman–Crippen LogP) is -1.11. The van der Waals surface area contributed by atoms with Gasteiger partial charge in [-0.1, -0.05) is 0 Å². The van der Waals surface area contributed by atoms with Crippen molar-refractivity contribution in [3.63, 3.8) is 0 Å². The number of rotatable bonds is 11. The van der Waals surface area contributed by atoms with E-state index < -0.39 is 35.9 Å². The Labute approximate surface area is 152 Å². The largest absolute Gasteiger partial charge is 0.480 e. The number of unbranched alkanes of at least 4 members (excludes halogenated alkanes) is 1. The number of carboxylic acid groups (broad SMARTS) is 1. The van der Waals surface area contributed by atoms with Gasteiger partial charge in [0.1, 0.15) is 18.1 Å². The molecule has 0 spiro atoms. The highest BCUT2D eigenvalue weighted by atomic mass is 16.4. The van der Waals surface area contributed by atoms with E-state index >= 15 is 0 Å². The van der Waals surface area contributed by atoms with Crippen molar-refractivity contribution in [1.82, 2.24) is 21.3 Å². The van der Waals surface area contributed by atoms with E-state index in [1.54, 1.807) is 0 Å². The number of hydrogen-bond acceptors (Lipinski definition) is 5. The van der Waals surface area contributed by atoms with E-state index in [1.807, 2.05) is 0 Å². The van der Waals surface area contributed by atoms with Crippen LogP contribution in [0.15, 0.2) is 0 Å². The zero-order valence-corrected chi connectivity index (χ0v) is 15.5. The van der Waals surface area contributed by atoms with Crippen molar-refractivity contribution in [2.45, 2.75) is 65.1 Å². The summed E-state index contributed by atoms with van der Waals surface area (Å²) in [6.07, 6.45) is 1.55. The molecule has 26 heavy (non-hydrogen) atoms. The number of carbonyl (C=O) groups is 5. The highest BCUT2D eigenvalue weighted by Gasteiger charge is 2.24. The average Bonchev–Trinajstić information content (AvgIpc) is 2.52. The van der Waals surface area contributed by atoms with E-state index in [9.17, 15) is 24.0 Å². The average molecular weight is 372 g/mol. The summed E-state index contributed by atoms with van der Waals surface area (Å²) in [7, 11) is 0. The van der Waals surface area contributed by atoms with Gasteiger partial charge in [-0.15, -0.1) is 0 Å². The van der Waals surface area contributed by atoms with Gasteiger partial charge in [0.25, 0.3) is 0 Å². The van der Waals surface area contributed by atoms with Crippen molar-refractivity contribution in [2.75, 3.05) is 6.54 Å². The standard InChI is InChI=1S/C16H28N4O6/c1-9(14(23)19-10(2)16(25)26)18-15(24)13(20-12(4)22)7-5-6-8-17-11(3)21/h9-10,13H,5-8H2,1-4H3,(H,17,21)(H,18,24)(H,19,23)(H,20,22)(H,25,26)/t9-,10+,13+/m1/s1. The molecule has 3 atom stereocenters. The molecule has 0 rings (SSSR count). The summed E-state index contributed by atoms with van der Waals surface area (Å²) in [6, 6.07) is -2.86. The fraction of sp³-hybridized carbons (Fsp3) is 0.688. The summed E-state index contributed by atoms with van der Waals surface area (Å²) in [4.78, 5) is 57.0. The SMILES string of the molecule is CC(=O)NCCCC[C@H](NC(C)=O)C(=O)N[C@H](C)C(=O)N[C@@H](C)C(=O)O. The van der Waals surface area contributed by atoms with Crippen LogP contribution in [0.1, 0.15) is 47.0 Å². The molecule has 0 aliphatic carbocycles. The number of carbonyl (C=O) groups excluding carboxylic acids is 4. The molecule has 0 bridgehead atoms. The van der Waals surface area contributed by atoms with Gasteiger partial charge in [0.15, 0.2) is 0 Å². The molecule has 148 valence electrons. The number of hydrogen-bond donors (Lipinski definition) is 5. The van der Waals surface area contributed by atoms with Crippen LogP contribution in [-0.2, 0) is 24.0 Å². The van der Waals surface area contributed by atoms with E-state index in [1.165, 1.54) is 27.7 Å². The minimum atomic E-state index is -1.19. The molecule has 4 amide bonds. The maximum absolute atomic E-state index is 12.3. The van der Waals surface area contributed by atoms with Gasteiger partial charge in [-0.25, -0.2) is 0 Å². The first-order chi connectivity index (χ1) is 12.0. The first-order valence-electron chi connectivity index (χ1n) is 8.39. The minimum absolute atomic E-state index is 0.142. The summed E-state index contributed by atoms with van der Waals surface area (Å²) in [5.74, 6) is -2.89. The van der Waals surface area contributed by atoms with Crippen molar-refractivity contribution in [2.24, 2.45) is 0 Å². The molecular weight excluding hydrogens is 344 g/mol. The second kappa shape index (κ2) is 11.8. The zero-order chi connectivity index (χ0) is 20.3. The molecule has 0 aliphatic heterocycles. The third-order valence-electron chi connectivity index (χ3n) is 3.47. The van der Waals surface area contributed by atoms with Crippen molar-refractivity contribution < 1.29 is 29.1 Å². The van der Waals surface area contributed by atoms with Crippen molar-refractivity contribution in [3.8, 4) is 0 Å². The van der Waals surface area contributed by atoms with E-state index in [0.717, 1.165) is 0 Å². The number of amides is 4. The zero-order valence-electron chi connectivity index (χ0n) is 15.5. The summed E-state index contributed by atoms with van der Waals surface area (Å²) < 4.78 is 0. The molecule has 0 aromatic heterocycles. The monoisotopic (exact) mass is 372 g/mol. The Hall–Kier alpha value is -2.65. The highest BCUT2D eigenvalue weighted by Crippen LogP contribution is 2.02. The third kappa shape index (κ3) is 10.3. The Kier molecular flexibility index (Phi) is 10.6. The molecule has 0 heterocycles. The molecule has 0 aliphatic rings. The lowest BCUT2D eigenvalue weighted by Crippen LogP contribution is -2.54. The normalized spacial score (nSPS) is 13.7. The Bertz CT molecular complexity index is 537. The van der Waals surface area contributed by atoms with Gasteiger partial charge >= 0.3 is 5.97 Å². The van der Waals surface area contributed by atoms with E-state index in [0.29, 0.717) is 25.8 Å². The topological polar surface area (TPSA) is 154 Å². The second-order valence-electron chi connectivity index (χ2n) is 6.03. The first kappa shape index (κ1) is 23.4. The Morgan fingerprint density at radius 1 is 0.808 bits per heavy atom.